The number of rotatable bonds is 2. The Morgan fingerprint density at radius 2 is 2.07 bits per heavy atom. The van der Waals surface area contributed by atoms with Gasteiger partial charge in [0.15, 0.2) is 0 Å². The van der Waals surface area contributed by atoms with E-state index in [-0.39, 0.29) is 6.61 Å². The molecular formula is C11H15NO3. The van der Waals surface area contributed by atoms with Gasteiger partial charge in [0.1, 0.15) is 0 Å². The number of hydrogen-bond acceptors (Lipinski definition) is 4. The first kappa shape index (κ1) is 10.5. The van der Waals surface area contributed by atoms with Gasteiger partial charge in [-0.2, -0.15) is 0 Å². The van der Waals surface area contributed by atoms with Crippen molar-refractivity contribution in [3.8, 4) is 0 Å². The molecule has 0 aromatic carbocycles. The first-order valence-corrected chi connectivity index (χ1v) is 5.10. The van der Waals surface area contributed by atoms with Gasteiger partial charge in [-0.25, -0.2) is 0 Å². The van der Waals surface area contributed by atoms with Gasteiger partial charge in [-0.3, -0.25) is 4.98 Å². The minimum atomic E-state index is -0.837. The van der Waals surface area contributed by atoms with Gasteiger partial charge in [0.2, 0.25) is 0 Å². The smallest absolute Gasteiger partial charge is 0.0955 e. The van der Waals surface area contributed by atoms with Gasteiger partial charge in [0.25, 0.3) is 0 Å². The molecule has 1 saturated heterocycles. The Labute approximate surface area is 88.5 Å². The summed E-state index contributed by atoms with van der Waals surface area (Å²) in [4.78, 5) is 4.02. The van der Waals surface area contributed by atoms with Crippen molar-refractivity contribution in [2.24, 2.45) is 0 Å². The maximum Gasteiger partial charge on any atom is 0.0955 e. The number of hydrogen-bond donors (Lipinski definition) is 2. The molecule has 1 aliphatic heterocycles. The fourth-order valence-electron chi connectivity index (χ4n) is 1.83. The third kappa shape index (κ3) is 2.17. The minimum absolute atomic E-state index is 0.0482. The number of aliphatic hydroxyl groups is 2. The number of nitrogens with zero attached hydrogens (tertiary/aromatic N) is 1. The van der Waals surface area contributed by atoms with Crippen LogP contribution in [0, 0.1) is 0 Å². The van der Waals surface area contributed by atoms with E-state index in [1.165, 1.54) is 0 Å². The highest BCUT2D eigenvalue weighted by atomic mass is 16.5. The highest BCUT2D eigenvalue weighted by Crippen LogP contribution is 2.31. The van der Waals surface area contributed by atoms with Gasteiger partial charge in [-0.15, -0.1) is 0 Å². The molecule has 4 nitrogen and oxygen atoms in total. The van der Waals surface area contributed by atoms with Crippen LogP contribution in [0.1, 0.15) is 24.0 Å². The Morgan fingerprint density at radius 3 is 2.73 bits per heavy atom. The van der Waals surface area contributed by atoms with Crippen molar-refractivity contribution in [3.05, 3.63) is 29.6 Å². The molecule has 0 spiro atoms. The lowest BCUT2D eigenvalue weighted by atomic mass is 9.87. The first-order valence-electron chi connectivity index (χ1n) is 5.10. The predicted octanol–water partition coefficient (Wildman–Crippen LogP) is 0.572. The third-order valence-corrected chi connectivity index (χ3v) is 2.83. The topological polar surface area (TPSA) is 62.6 Å². The Kier molecular flexibility index (Phi) is 3.00. The van der Waals surface area contributed by atoms with Crippen LogP contribution in [0.3, 0.4) is 0 Å². The summed E-state index contributed by atoms with van der Waals surface area (Å²) in [6.45, 7) is 1.09. The average molecular weight is 209 g/mol. The van der Waals surface area contributed by atoms with E-state index in [0.29, 0.717) is 26.1 Å². The SMILES string of the molecule is OCc1cncc(C2(O)CCOCC2)c1. The van der Waals surface area contributed by atoms with Gasteiger partial charge < -0.3 is 14.9 Å². The van der Waals surface area contributed by atoms with Crippen LogP contribution in [0.4, 0.5) is 0 Å². The fraction of sp³-hybridized carbons (Fsp3) is 0.545. The second-order valence-electron chi connectivity index (χ2n) is 3.88. The van der Waals surface area contributed by atoms with Crippen LogP contribution in [-0.2, 0) is 16.9 Å². The normalized spacial score (nSPS) is 20.1. The predicted molar refractivity (Wildman–Crippen MR) is 54.1 cm³/mol. The van der Waals surface area contributed by atoms with Crippen LogP contribution in [0.25, 0.3) is 0 Å². The maximum atomic E-state index is 10.4. The second kappa shape index (κ2) is 4.26. The second-order valence-corrected chi connectivity index (χ2v) is 3.88. The van der Waals surface area contributed by atoms with E-state index >= 15 is 0 Å². The van der Waals surface area contributed by atoms with E-state index in [9.17, 15) is 5.11 Å². The Morgan fingerprint density at radius 1 is 1.33 bits per heavy atom. The molecule has 0 aliphatic carbocycles. The molecule has 82 valence electrons. The molecule has 4 heteroatoms. The van der Waals surface area contributed by atoms with Crippen LogP contribution < -0.4 is 0 Å². The molecule has 1 aliphatic rings. The van der Waals surface area contributed by atoms with E-state index in [2.05, 4.69) is 4.98 Å². The first-order chi connectivity index (χ1) is 7.24. The van der Waals surface area contributed by atoms with Crippen molar-refractivity contribution in [3.63, 3.8) is 0 Å². The Bertz CT molecular complexity index is 334. The van der Waals surface area contributed by atoms with Gasteiger partial charge >= 0.3 is 0 Å². The number of aromatic nitrogens is 1. The fourth-order valence-corrected chi connectivity index (χ4v) is 1.83. The van der Waals surface area contributed by atoms with Crippen molar-refractivity contribution in [2.75, 3.05) is 13.2 Å². The molecule has 15 heavy (non-hydrogen) atoms. The summed E-state index contributed by atoms with van der Waals surface area (Å²) in [7, 11) is 0. The molecule has 2 rings (SSSR count). The van der Waals surface area contributed by atoms with Crippen molar-refractivity contribution in [2.45, 2.75) is 25.0 Å². The molecule has 0 unspecified atom stereocenters. The van der Waals surface area contributed by atoms with Crippen LogP contribution in [0.15, 0.2) is 18.5 Å². The van der Waals surface area contributed by atoms with Gasteiger partial charge in [-0.1, -0.05) is 0 Å². The molecule has 0 amide bonds. The van der Waals surface area contributed by atoms with Crippen LogP contribution in [-0.4, -0.2) is 28.4 Å². The molecule has 1 aromatic rings. The zero-order valence-corrected chi connectivity index (χ0v) is 8.52. The van der Waals surface area contributed by atoms with Crippen molar-refractivity contribution < 1.29 is 14.9 Å². The Balaban J connectivity index is 2.26. The van der Waals surface area contributed by atoms with Crippen LogP contribution >= 0.6 is 0 Å². The zero-order valence-electron chi connectivity index (χ0n) is 8.52. The molecular weight excluding hydrogens is 194 g/mol. The van der Waals surface area contributed by atoms with Gasteiger partial charge in [-0.05, 0) is 11.6 Å². The largest absolute Gasteiger partial charge is 0.392 e. The molecule has 2 N–H and O–H groups in total. The number of pyridine rings is 1. The Hall–Kier alpha value is -0.970. The van der Waals surface area contributed by atoms with E-state index in [1.54, 1.807) is 18.5 Å². The molecule has 2 heterocycles. The van der Waals surface area contributed by atoms with Crippen LogP contribution in [0.5, 0.6) is 0 Å². The van der Waals surface area contributed by atoms with Crippen molar-refractivity contribution in [1.82, 2.24) is 4.98 Å². The highest BCUT2D eigenvalue weighted by molar-refractivity contribution is 5.24. The lowest BCUT2D eigenvalue weighted by Gasteiger charge is -2.32. The van der Waals surface area contributed by atoms with Gasteiger partial charge in [0.05, 0.1) is 12.2 Å². The standard InChI is InChI=1S/C11H15NO3/c13-8-9-5-10(7-12-6-9)11(14)1-3-15-4-2-11/h5-7,13-14H,1-4,8H2. The monoisotopic (exact) mass is 209 g/mol. The maximum absolute atomic E-state index is 10.4. The van der Waals surface area contributed by atoms with Crippen LogP contribution in [0.2, 0.25) is 0 Å². The number of ether oxygens (including phenoxy) is 1. The summed E-state index contributed by atoms with van der Waals surface area (Å²) in [6.07, 6.45) is 4.43. The van der Waals surface area contributed by atoms with Crippen molar-refractivity contribution >= 4 is 0 Å². The summed E-state index contributed by atoms with van der Waals surface area (Å²) in [5, 5.41) is 19.4. The molecule has 1 aromatic heterocycles. The lowest BCUT2D eigenvalue weighted by Crippen LogP contribution is -2.33. The summed E-state index contributed by atoms with van der Waals surface area (Å²) in [6, 6.07) is 1.80. The lowest BCUT2D eigenvalue weighted by molar-refractivity contribution is -0.0681. The average Bonchev–Trinajstić information content (AvgIpc) is 2.30. The summed E-state index contributed by atoms with van der Waals surface area (Å²) < 4.78 is 5.21. The molecule has 0 atom stereocenters. The molecule has 1 fully saturated rings. The third-order valence-electron chi connectivity index (χ3n) is 2.83. The van der Waals surface area contributed by atoms with Gasteiger partial charge in [0, 0.05) is 44.0 Å². The van der Waals surface area contributed by atoms with Crippen molar-refractivity contribution in [1.29, 1.82) is 0 Å². The summed E-state index contributed by atoms with van der Waals surface area (Å²) >= 11 is 0. The zero-order chi connectivity index (χ0) is 10.7. The molecule has 0 saturated carbocycles. The van der Waals surface area contributed by atoms with E-state index < -0.39 is 5.60 Å². The van der Waals surface area contributed by atoms with E-state index in [0.717, 1.165) is 11.1 Å². The molecule has 0 bridgehead atoms. The quantitative estimate of drug-likeness (QED) is 0.747. The van der Waals surface area contributed by atoms with E-state index in [4.69, 9.17) is 9.84 Å². The minimum Gasteiger partial charge on any atom is -0.392 e. The summed E-state index contributed by atoms with van der Waals surface area (Å²) in [5.41, 5.74) is 0.668. The van der Waals surface area contributed by atoms with E-state index in [1.807, 2.05) is 0 Å². The molecule has 0 radical (unpaired) electrons. The number of aliphatic hydroxyl groups excluding tert-OH is 1. The highest BCUT2D eigenvalue weighted by Gasteiger charge is 2.32. The summed E-state index contributed by atoms with van der Waals surface area (Å²) in [5.74, 6) is 0.